The average Bonchev–Trinajstić information content (AvgIpc) is 3.10. The zero-order chi connectivity index (χ0) is 19.7. The van der Waals surface area contributed by atoms with Crippen LogP contribution in [0.25, 0.3) is 5.65 Å². The Labute approximate surface area is 160 Å². The van der Waals surface area contributed by atoms with Crippen LogP contribution < -0.4 is 0 Å². The molecule has 28 heavy (non-hydrogen) atoms. The molecule has 0 radical (unpaired) electrons. The molecule has 0 saturated carbocycles. The number of alkyl halides is 3. The highest BCUT2D eigenvalue weighted by atomic mass is 19.4. The summed E-state index contributed by atoms with van der Waals surface area (Å²) in [6, 6.07) is 10.2. The predicted molar refractivity (Wildman–Crippen MR) is 97.8 cm³/mol. The van der Waals surface area contributed by atoms with Gasteiger partial charge < -0.3 is 9.30 Å². The van der Waals surface area contributed by atoms with E-state index in [0.717, 1.165) is 30.0 Å². The van der Waals surface area contributed by atoms with Crippen LogP contribution in [0.1, 0.15) is 21.6 Å². The monoisotopic (exact) mass is 388 g/mol. The zero-order valence-corrected chi connectivity index (χ0v) is 15.1. The topological polar surface area (TPSA) is 40.9 Å². The number of piperazine rings is 1. The van der Waals surface area contributed by atoms with E-state index in [1.165, 1.54) is 12.1 Å². The van der Waals surface area contributed by atoms with Crippen LogP contribution in [0, 0.1) is 0 Å². The van der Waals surface area contributed by atoms with Crippen molar-refractivity contribution in [2.24, 2.45) is 0 Å². The molecule has 5 nitrogen and oxygen atoms in total. The second-order valence-corrected chi connectivity index (χ2v) is 6.82. The van der Waals surface area contributed by atoms with Gasteiger partial charge in [-0.1, -0.05) is 6.07 Å². The van der Waals surface area contributed by atoms with Gasteiger partial charge in [0.15, 0.2) is 0 Å². The molecular formula is C20H19F3N4O. The standard InChI is InChI=1S/C20H19F3N4O/c21-20(22,23)16-6-4-15(5-7-16)19(28)26-11-9-25(10-12-26)14-17-13-24-18-3-1-2-8-27(17)18/h1-8,13H,9-12,14H2. The number of imidazole rings is 1. The molecule has 0 unspecified atom stereocenters. The van der Waals surface area contributed by atoms with Gasteiger partial charge in [0.25, 0.3) is 5.91 Å². The lowest BCUT2D eigenvalue weighted by Crippen LogP contribution is -2.48. The largest absolute Gasteiger partial charge is 0.416 e. The van der Waals surface area contributed by atoms with Gasteiger partial charge >= 0.3 is 6.18 Å². The van der Waals surface area contributed by atoms with E-state index in [1.54, 1.807) is 4.90 Å². The highest BCUT2D eigenvalue weighted by Crippen LogP contribution is 2.29. The number of aromatic nitrogens is 2. The molecule has 0 atom stereocenters. The Hall–Kier alpha value is -2.87. The summed E-state index contributed by atoms with van der Waals surface area (Å²) in [6.07, 6.45) is -0.567. The summed E-state index contributed by atoms with van der Waals surface area (Å²) in [5.41, 5.74) is 1.51. The normalized spacial score (nSPS) is 15.9. The number of amides is 1. The Balaban J connectivity index is 1.36. The van der Waals surface area contributed by atoms with Crippen LogP contribution in [0.3, 0.4) is 0 Å². The van der Waals surface area contributed by atoms with Crippen molar-refractivity contribution < 1.29 is 18.0 Å². The maximum Gasteiger partial charge on any atom is 0.416 e. The van der Waals surface area contributed by atoms with Gasteiger partial charge in [-0.3, -0.25) is 9.69 Å². The van der Waals surface area contributed by atoms with Crippen LogP contribution in [0.2, 0.25) is 0 Å². The number of pyridine rings is 1. The minimum Gasteiger partial charge on any atom is -0.336 e. The summed E-state index contributed by atoms with van der Waals surface area (Å²) in [7, 11) is 0. The van der Waals surface area contributed by atoms with Gasteiger partial charge in [0.1, 0.15) is 5.65 Å². The molecule has 1 aliphatic heterocycles. The highest BCUT2D eigenvalue weighted by Gasteiger charge is 2.30. The molecule has 3 aromatic rings. The lowest BCUT2D eigenvalue weighted by molar-refractivity contribution is -0.137. The maximum absolute atomic E-state index is 12.7. The summed E-state index contributed by atoms with van der Waals surface area (Å²) >= 11 is 0. The number of rotatable bonds is 3. The number of benzene rings is 1. The molecule has 8 heteroatoms. The maximum atomic E-state index is 12.7. The fourth-order valence-electron chi connectivity index (χ4n) is 3.42. The van der Waals surface area contributed by atoms with Crippen molar-refractivity contribution in [2.45, 2.75) is 12.7 Å². The minimum atomic E-state index is -4.40. The molecule has 4 rings (SSSR count). The van der Waals surface area contributed by atoms with Gasteiger partial charge in [-0.05, 0) is 36.4 Å². The Kier molecular flexibility index (Phi) is 4.80. The Morgan fingerprint density at radius 1 is 1.00 bits per heavy atom. The summed E-state index contributed by atoms with van der Waals surface area (Å²) in [6.45, 7) is 3.21. The van der Waals surface area contributed by atoms with Crippen LogP contribution in [-0.4, -0.2) is 51.3 Å². The molecule has 3 heterocycles. The number of nitrogens with zero attached hydrogens (tertiary/aromatic N) is 4. The first-order valence-electron chi connectivity index (χ1n) is 9.02. The first kappa shape index (κ1) is 18.5. The SMILES string of the molecule is O=C(c1ccc(C(F)(F)F)cc1)N1CCN(Cc2cnc3ccccn23)CC1. The quantitative estimate of drug-likeness (QED) is 0.691. The van der Waals surface area contributed by atoms with Gasteiger partial charge in [-0.25, -0.2) is 4.98 Å². The first-order chi connectivity index (χ1) is 13.4. The number of hydrogen-bond acceptors (Lipinski definition) is 3. The van der Waals surface area contributed by atoms with Crippen molar-refractivity contribution in [1.82, 2.24) is 19.2 Å². The van der Waals surface area contributed by atoms with E-state index in [4.69, 9.17) is 0 Å². The molecule has 0 spiro atoms. The van der Waals surface area contributed by atoms with E-state index < -0.39 is 11.7 Å². The molecular weight excluding hydrogens is 369 g/mol. The first-order valence-corrected chi connectivity index (χ1v) is 9.02. The van der Waals surface area contributed by atoms with E-state index in [1.807, 2.05) is 35.0 Å². The lowest BCUT2D eigenvalue weighted by atomic mass is 10.1. The van der Waals surface area contributed by atoms with E-state index in [2.05, 4.69) is 9.88 Å². The molecule has 0 aliphatic carbocycles. The number of carbonyl (C=O) groups is 1. The summed E-state index contributed by atoms with van der Waals surface area (Å²) in [5.74, 6) is -0.233. The van der Waals surface area contributed by atoms with E-state index in [0.29, 0.717) is 26.2 Å². The van der Waals surface area contributed by atoms with Gasteiger partial charge in [-0.15, -0.1) is 0 Å². The van der Waals surface area contributed by atoms with Crippen LogP contribution in [-0.2, 0) is 12.7 Å². The third-order valence-corrected chi connectivity index (χ3v) is 5.00. The molecule has 0 N–H and O–H groups in total. The molecule has 1 saturated heterocycles. The van der Waals surface area contributed by atoms with Crippen molar-refractivity contribution in [2.75, 3.05) is 26.2 Å². The second kappa shape index (κ2) is 7.27. The molecule has 2 aromatic heterocycles. The van der Waals surface area contributed by atoms with Crippen molar-refractivity contribution in [3.63, 3.8) is 0 Å². The van der Waals surface area contributed by atoms with E-state index >= 15 is 0 Å². The van der Waals surface area contributed by atoms with Crippen molar-refractivity contribution >= 4 is 11.6 Å². The fraction of sp³-hybridized carbons (Fsp3) is 0.300. The fourth-order valence-corrected chi connectivity index (χ4v) is 3.42. The van der Waals surface area contributed by atoms with E-state index in [-0.39, 0.29) is 11.5 Å². The summed E-state index contributed by atoms with van der Waals surface area (Å²) in [4.78, 5) is 20.9. The highest BCUT2D eigenvalue weighted by molar-refractivity contribution is 5.94. The number of carbonyl (C=O) groups excluding carboxylic acids is 1. The molecule has 1 amide bonds. The summed E-state index contributed by atoms with van der Waals surface area (Å²) < 4.78 is 40.0. The summed E-state index contributed by atoms with van der Waals surface area (Å²) in [5, 5.41) is 0. The second-order valence-electron chi connectivity index (χ2n) is 6.82. The van der Waals surface area contributed by atoms with E-state index in [9.17, 15) is 18.0 Å². The third kappa shape index (κ3) is 3.73. The van der Waals surface area contributed by atoms with Gasteiger partial charge in [0, 0.05) is 44.5 Å². The predicted octanol–water partition coefficient (Wildman–Crippen LogP) is 3.31. The van der Waals surface area contributed by atoms with Gasteiger partial charge in [0.2, 0.25) is 0 Å². The third-order valence-electron chi connectivity index (χ3n) is 5.00. The molecule has 1 aromatic carbocycles. The smallest absolute Gasteiger partial charge is 0.336 e. The molecule has 0 bridgehead atoms. The minimum absolute atomic E-state index is 0.233. The Morgan fingerprint density at radius 2 is 1.71 bits per heavy atom. The Morgan fingerprint density at radius 3 is 2.39 bits per heavy atom. The number of halogens is 3. The van der Waals surface area contributed by atoms with Gasteiger partial charge in [0.05, 0.1) is 17.5 Å². The molecule has 1 fully saturated rings. The average molecular weight is 388 g/mol. The zero-order valence-electron chi connectivity index (χ0n) is 15.1. The van der Waals surface area contributed by atoms with Crippen molar-refractivity contribution in [3.05, 3.63) is 71.7 Å². The molecule has 146 valence electrons. The van der Waals surface area contributed by atoms with Crippen LogP contribution in [0.5, 0.6) is 0 Å². The van der Waals surface area contributed by atoms with Crippen LogP contribution >= 0.6 is 0 Å². The van der Waals surface area contributed by atoms with Crippen LogP contribution in [0.15, 0.2) is 54.9 Å². The van der Waals surface area contributed by atoms with Crippen LogP contribution in [0.4, 0.5) is 13.2 Å². The van der Waals surface area contributed by atoms with Crippen molar-refractivity contribution in [1.29, 1.82) is 0 Å². The number of fused-ring (bicyclic) bond motifs is 1. The Bertz CT molecular complexity index is 973. The lowest BCUT2D eigenvalue weighted by Gasteiger charge is -2.34. The van der Waals surface area contributed by atoms with Gasteiger partial charge in [-0.2, -0.15) is 13.2 Å². The number of hydrogen-bond donors (Lipinski definition) is 0. The van der Waals surface area contributed by atoms with Crippen molar-refractivity contribution in [3.8, 4) is 0 Å². The molecule has 1 aliphatic rings.